The first-order valence-corrected chi connectivity index (χ1v) is 7.83. The van der Waals surface area contributed by atoms with Gasteiger partial charge in [-0.2, -0.15) is 0 Å². The first-order valence-electron chi connectivity index (χ1n) is 6.47. The molecule has 4 heteroatoms. The van der Waals surface area contributed by atoms with Crippen molar-refractivity contribution in [3.63, 3.8) is 0 Å². The molecular formula is C17H16ClNOS. The van der Waals surface area contributed by atoms with Gasteiger partial charge in [-0.05, 0) is 35.9 Å². The van der Waals surface area contributed by atoms with Crippen molar-refractivity contribution in [2.24, 2.45) is 5.73 Å². The molecule has 21 heavy (non-hydrogen) atoms. The number of rotatable bonds is 4. The Morgan fingerprint density at radius 3 is 2.81 bits per heavy atom. The van der Waals surface area contributed by atoms with E-state index in [2.05, 4.69) is 17.9 Å². The topological polar surface area (TPSA) is 35.2 Å². The largest absolute Gasteiger partial charge is 0.495 e. The van der Waals surface area contributed by atoms with Gasteiger partial charge < -0.3 is 10.5 Å². The van der Waals surface area contributed by atoms with Crippen molar-refractivity contribution < 1.29 is 4.74 Å². The standard InChI is InChI=1S/C17H16ClNOS/c1-20-17-8-7-13(10-14(17)4-3-9-19)12-21-16-6-2-5-15(18)11-16/h2,5-8,10-11H,9,12,19H2,1H3. The quantitative estimate of drug-likeness (QED) is 0.685. The van der Waals surface area contributed by atoms with Crippen molar-refractivity contribution in [1.29, 1.82) is 0 Å². The molecule has 0 heterocycles. The molecule has 0 aliphatic heterocycles. The summed E-state index contributed by atoms with van der Waals surface area (Å²) < 4.78 is 5.31. The third-order valence-electron chi connectivity index (χ3n) is 2.79. The van der Waals surface area contributed by atoms with E-state index in [1.807, 2.05) is 36.4 Å². The number of methoxy groups -OCH3 is 1. The molecule has 0 aliphatic rings. The second-order valence-electron chi connectivity index (χ2n) is 4.29. The Balaban J connectivity index is 2.13. The summed E-state index contributed by atoms with van der Waals surface area (Å²) in [5.74, 6) is 7.52. The smallest absolute Gasteiger partial charge is 0.134 e. The monoisotopic (exact) mass is 317 g/mol. The summed E-state index contributed by atoms with van der Waals surface area (Å²) in [4.78, 5) is 1.15. The zero-order valence-corrected chi connectivity index (χ0v) is 13.3. The highest BCUT2D eigenvalue weighted by Gasteiger charge is 2.03. The maximum atomic E-state index is 5.99. The van der Waals surface area contributed by atoms with Gasteiger partial charge >= 0.3 is 0 Å². The molecule has 0 aromatic heterocycles. The van der Waals surface area contributed by atoms with E-state index in [-0.39, 0.29) is 0 Å². The molecule has 2 aromatic carbocycles. The van der Waals surface area contributed by atoms with Crippen LogP contribution in [0.2, 0.25) is 5.02 Å². The molecule has 2 nitrogen and oxygen atoms in total. The van der Waals surface area contributed by atoms with Gasteiger partial charge in [0, 0.05) is 15.7 Å². The minimum absolute atomic E-state index is 0.338. The van der Waals surface area contributed by atoms with Crippen LogP contribution in [-0.2, 0) is 5.75 Å². The molecule has 2 aromatic rings. The average Bonchev–Trinajstić information content (AvgIpc) is 2.51. The van der Waals surface area contributed by atoms with Crippen molar-refractivity contribution in [1.82, 2.24) is 0 Å². The van der Waals surface area contributed by atoms with Crippen LogP contribution in [0.4, 0.5) is 0 Å². The van der Waals surface area contributed by atoms with E-state index in [0.29, 0.717) is 6.54 Å². The van der Waals surface area contributed by atoms with Crippen LogP contribution in [0.3, 0.4) is 0 Å². The molecule has 108 valence electrons. The molecule has 0 radical (unpaired) electrons. The second kappa shape index (κ2) is 7.99. The first kappa shape index (κ1) is 15.8. The molecular weight excluding hydrogens is 302 g/mol. The van der Waals surface area contributed by atoms with E-state index < -0.39 is 0 Å². The van der Waals surface area contributed by atoms with E-state index in [4.69, 9.17) is 22.1 Å². The van der Waals surface area contributed by atoms with E-state index in [0.717, 1.165) is 27.0 Å². The Morgan fingerprint density at radius 2 is 2.10 bits per heavy atom. The third-order valence-corrected chi connectivity index (χ3v) is 4.09. The summed E-state index contributed by atoms with van der Waals surface area (Å²) in [5, 5.41) is 0.754. The van der Waals surface area contributed by atoms with Crippen LogP contribution in [0.15, 0.2) is 47.4 Å². The maximum absolute atomic E-state index is 5.99. The van der Waals surface area contributed by atoms with Gasteiger partial charge in [-0.15, -0.1) is 11.8 Å². The third kappa shape index (κ3) is 4.71. The molecule has 0 unspecified atom stereocenters. The van der Waals surface area contributed by atoms with Gasteiger partial charge in [-0.3, -0.25) is 0 Å². The maximum Gasteiger partial charge on any atom is 0.134 e. The highest BCUT2D eigenvalue weighted by atomic mass is 35.5. The van der Waals surface area contributed by atoms with Crippen molar-refractivity contribution in [2.75, 3.05) is 13.7 Å². The van der Waals surface area contributed by atoms with Gasteiger partial charge in [0.05, 0.1) is 19.2 Å². The number of ether oxygens (including phenoxy) is 1. The predicted molar refractivity (Wildman–Crippen MR) is 89.9 cm³/mol. The Hall–Kier alpha value is -1.60. The van der Waals surface area contributed by atoms with Crippen LogP contribution in [-0.4, -0.2) is 13.7 Å². The van der Waals surface area contributed by atoms with E-state index in [1.54, 1.807) is 18.9 Å². The Morgan fingerprint density at radius 1 is 1.24 bits per heavy atom. The Labute approximate surface area is 134 Å². The minimum atomic E-state index is 0.338. The van der Waals surface area contributed by atoms with Gasteiger partial charge in [0.25, 0.3) is 0 Å². The molecule has 0 saturated carbocycles. The van der Waals surface area contributed by atoms with Crippen LogP contribution in [0.5, 0.6) is 5.75 Å². The highest BCUT2D eigenvalue weighted by Crippen LogP contribution is 2.27. The highest BCUT2D eigenvalue weighted by molar-refractivity contribution is 7.98. The fourth-order valence-corrected chi connectivity index (χ4v) is 2.97. The molecule has 2 rings (SSSR count). The Kier molecular flexibility index (Phi) is 6.01. The summed E-state index contributed by atoms with van der Waals surface area (Å²) in [6, 6.07) is 13.9. The fourth-order valence-electron chi connectivity index (χ4n) is 1.81. The van der Waals surface area contributed by atoms with Crippen LogP contribution in [0.25, 0.3) is 0 Å². The number of nitrogens with two attached hydrogens (primary N) is 1. The number of halogens is 1. The predicted octanol–water partition coefficient (Wildman–Crippen LogP) is 3.95. The van der Waals surface area contributed by atoms with Gasteiger partial charge in [0.1, 0.15) is 5.75 Å². The molecule has 0 aliphatic carbocycles. The van der Waals surface area contributed by atoms with Gasteiger partial charge in [-0.1, -0.05) is 35.6 Å². The van der Waals surface area contributed by atoms with Crippen LogP contribution < -0.4 is 10.5 Å². The lowest BCUT2D eigenvalue weighted by molar-refractivity contribution is 0.413. The number of hydrogen-bond donors (Lipinski definition) is 1. The number of benzene rings is 2. The first-order chi connectivity index (χ1) is 10.2. The van der Waals surface area contributed by atoms with E-state index in [1.165, 1.54) is 5.56 Å². The van der Waals surface area contributed by atoms with Gasteiger partial charge in [0.2, 0.25) is 0 Å². The molecule has 0 atom stereocenters. The minimum Gasteiger partial charge on any atom is -0.495 e. The van der Waals surface area contributed by atoms with Crippen LogP contribution in [0, 0.1) is 11.8 Å². The summed E-state index contributed by atoms with van der Waals surface area (Å²) in [6.45, 7) is 0.338. The lowest BCUT2D eigenvalue weighted by Crippen LogP contribution is -1.94. The summed E-state index contributed by atoms with van der Waals surface area (Å²) in [7, 11) is 1.64. The van der Waals surface area contributed by atoms with E-state index in [9.17, 15) is 0 Å². The number of thioether (sulfide) groups is 1. The average molecular weight is 318 g/mol. The van der Waals surface area contributed by atoms with Crippen molar-refractivity contribution >= 4 is 23.4 Å². The van der Waals surface area contributed by atoms with Gasteiger partial charge in [-0.25, -0.2) is 0 Å². The van der Waals surface area contributed by atoms with Crippen molar-refractivity contribution in [3.8, 4) is 17.6 Å². The van der Waals surface area contributed by atoms with Crippen LogP contribution in [0.1, 0.15) is 11.1 Å². The normalized spacial score (nSPS) is 9.86. The second-order valence-corrected chi connectivity index (χ2v) is 5.77. The summed E-state index contributed by atoms with van der Waals surface area (Å²) in [5.41, 5.74) is 7.47. The zero-order chi connectivity index (χ0) is 15.1. The molecule has 0 spiro atoms. The van der Waals surface area contributed by atoms with Crippen molar-refractivity contribution in [2.45, 2.75) is 10.6 Å². The van der Waals surface area contributed by atoms with Crippen LogP contribution >= 0.6 is 23.4 Å². The molecule has 2 N–H and O–H groups in total. The van der Waals surface area contributed by atoms with E-state index >= 15 is 0 Å². The van der Waals surface area contributed by atoms with Gasteiger partial charge in [0.15, 0.2) is 0 Å². The molecule has 0 bridgehead atoms. The van der Waals surface area contributed by atoms with Crippen molar-refractivity contribution in [3.05, 3.63) is 58.6 Å². The number of hydrogen-bond acceptors (Lipinski definition) is 3. The Bertz CT molecular complexity index is 676. The lowest BCUT2D eigenvalue weighted by Gasteiger charge is -2.07. The molecule has 0 amide bonds. The molecule has 0 saturated heterocycles. The summed E-state index contributed by atoms with van der Waals surface area (Å²) >= 11 is 7.72. The fraction of sp³-hybridized carbons (Fsp3) is 0.176. The SMILES string of the molecule is COc1ccc(CSc2cccc(Cl)c2)cc1C#CCN. The molecule has 0 fully saturated rings. The summed E-state index contributed by atoms with van der Waals surface area (Å²) in [6.07, 6.45) is 0. The lowest BCUT2D eigenvalue weighted by atomic mass is 10.1. The zero-order valence-electron chi connectivity index (χ0n) is 11.7.